The number of amides is 1. The minimum Gasteiger partial charge on any atom is -0.410 e. The van der Waals surface area contributed by atoms with Crippen LogP contribution in [0.3, 0.4) is 0 Å². The van der Waals surface area contributed by atoms with Crippen LogP contribution in [0.4, 0.5) is 4.79 Å². The number of rotatable bonds is 5. The highest BCUT2D eigenvalue weighted by molar-refractivity contribution is 9.13. The second kappa shape index (κ2) is 8.29. The van der Waals surface area contributed by atoms with E-state index in [0.29, 0.717) is 5.75 Å². The molecule has 0 saturated heterocycles. The van der Waals surface area contributed by atoms with E-state index in [1.165, 1.54) is 0 Å². The standard InChI is InChI=1S/C14H19Br2NO2S/c1-4-5-13(20)17(9(2)3)14(18)19-10-6-7-11(15)12(16)8-10/h6-9,13,20H,4-5H2,1-3H3. The first kappa shape index (κ1) is 17.9. The number of ether oxygens (including phenoxy) is 1. The quantitative estimate of drug-likeness (QED) is 0.501. The van der Waals surface area contributed by atoms with Crippen LogP contribution in [0, 0.1) is 0 Å². The van der Waals surface area contributed by atoms with E-state index in [2.05, 4.69) is 51.4 Å². The maximum absolute atomic E-state index is 12.3. The number of carbonyl (C=O) groups excluding carboxylic acids is 1. The largest absolute Gasteiger partial charge is 0.416 e. The molecule has 1 atom stereocenters. The molecule has 1 aromatic carbocycles. The van der Waals surface area contributed by atoms with Gasteiger partial charge in [0.1, 0.15) is 5.75 Å². The van der Waals surface area contributed by atoms with E-state index in [1.807, 2.05) is 19.9 Å². The summed E-state index contributed by atoms with van der Waals surface area (Å²) in [5, 5.41) is -0.133. The lowest BCUT2D eigenvalue weighted by Crippen LogP contribution is -2.44. The Bertz CT molecular complexity index is 468. The van der Waals surface area contributed by atoms with Gasteiger partial charge in [0.15, 0.2) is 0 Å². The van der Waals surface area contributed by atoms with Gasteiger partial charge in [0.2, 0.25) is 0 Å². The minimum atomic E-state index is -0.373. The Morgan fingerprint density at radius 1 is 1.35 bits per heavy atom. The third-order valence-corrected chi connectivity index (χ3v) is 5.12. The van der Waals surface area contributed by atoms with Crippen molar-refractivity contribution < 1.29 is 9.53 Å². The molecule has 112 valence electrons. The Balaban J connectivity index is 2.82. The molecule has 3 nitrogen and oxygen atoms in total. The zero-order chi connectivity index (χ0) is 15.3. The fraction of sp³-hybridized carbons (Fsp3) is 0.500. The predicted octanol–water partition coefficient (Wildman–Crippen LogP) is 5.48. The van der Waals surface area contributed by atoms with Crippen LogP contribution in [0.2, 0.25) is 0 Å². The third kappa shape index (κ3) is 4.97. The molecule has 0 aliphatic carbocycles. The first-order valence-corrected chi connectivity index (χ1v) is 8.60. The SMILES string of the molecule is CCCC(S)N(C(=O)Oc1ccc(Br)c(Br)c1)C(C)C. The van der Waals surface area contributed by atoms with Crippen molar-refractivity contribution in [2.24, 2.45) is 0 Å². The molecule has 0 N–H and O–H groups in total. The molecule has 1 rings (SSSR count). The smallest absolute Gasteiger partial charge is 0.410 e. The molecule has 0 spiro atoms. The second-order valence-corrected chi connectivity index (χ2v) is 7.02. The Kier molecular flexibility index (Phi) is 7.40. The van der Waals surface area contributed by atoms with Gasteiger partial charge in [-0.2, -0.15) is 12.6 Å². The first-order valence-electron chi connectivity index (χ1n) is 6.50. The summed E-state index contributed by atoms with van der Waals surface area (Å²) in [5.74, 6) is 0.507. The van der Waals surface area contributed by atoms with Gasteiger partial charge in [0.05, 0.1) is 5.37 Å². The van der Waals surface area contributed by atoms with E-state index in [9.17, 15) is 4.79 Å². The van der Waals surface area contributed by atoms with E-state index in [1.54, 1.807) is 17.0 Å². The van der Waals surface area contributed by atoms with Crippen molar-refractivity contribution in [2.45, 2.75) is 45.0 Å². The van der Waals surface area contributed by atoms with Gasteiger partial charge in [-0.05, 0) is 70.3 Å². The molecule has 0 heterocycles. The van der Waals surface area contributed by atoms with Crippen LogP contribution in [0.1, 0.15) is 33.6 Å². The Hall–Kier alpha value is -0.200. The van der Waals surface area contributed by atoms with Gasteiger partial charge < -0.3 is 4.74 Å². The highest BCUT2D eigenvalue weighted by Crippen LogP contribution is 2.28. The third-order valence-electron chi connectivity index (χ3n) is 2.73. The molecule has 1 amide bonds. The normalized spacial score (nSPS) is 12.3. The summed E-state index contributed by atoms with van der Waals surface area (Å²) in [6.45, 7) is 5.98. The van der Waals surface area contributed by atoms with Gasteiger partial charge in [0.25, 0.3) is 0 Å². The summed E-state index contributed by atoms with van der Waals surface area (Å²) >= 11 is 11.3. The van der Waals surface area contributed by atoms with Crippen molar-refractivity contribution in [3.05, 3.63) is 27.1 Å². The molecule has 1 unspecified atom stereocenters. The molecule has 20 heavy (non-hydrogen) atoms. The van der Waals surface area contributed by atoms with Crippen molar-refractivity contribution in [3.8, 4) is 5.75 Å². The van der Waals surface area contributed by atoms with Crippen LogP contribution in [0.5, 0.6) is 5.75 Å². The topological polar surface area (TPSA) is 29.5 Å². The number of nitrogens with zero attached hydrogens (tertiary/aromatic N) is 1. The highest BCUT2D eigenvalue weighted by atomic mass is 79.9. The van der Waals surface area contributed by atoms with E-state index < -0.39 is 0 Å². The molecule has 1 aromatic rings. The zero-order valence-corrected chi connectivity index (χ0v) is 15.8. The molecule has 0 fully saturated rings. The fourth-order valence-corrected chi connectivity index (χ4v) is 2.99. The molecule has 0 aliphatic rings. The maximum atomic E-state index is 12.3. The van der Waals surface area contributed by atoms with Crippen molar-refractivity contribution in [1.29, 1.82) is 0 Å². The van der Waals surface area contributed by atoms with Crippen LogP contribution in [0.15, 0.2) is 27.1 Å². The zero-order valence-electron chi connectivity index (χ0n) is 11.8. The summed E-state index contributed by atoms with van der Waals surface area (Å²) in [7, 11) is 0. The number of benzene rings is 1. The van der Waals surface area contributed by atoms with E-state index in [0.717, 1.165) is 21.8 Å². The average Bonchev–Trinajstić information content (AvgIpc) is 2.33. The number of hydrogen-bond donors (Lipinski definition) is 1. The summed E-state index contributed by atoms with van der Waals surface area (Å²) in [6.07, 6.45) is 1.43. The van der Waals surface area contributed by atoms with E-state index in [-0.39, 0.29) is 17.5 Å². The first-order chi connectivity index (χ1) is 9.36. The van der Waals surface area contributed by atoms with Crippen molar-refractivity contribution in [2.75, 3.05) is 0 Å². The van der Waals surface area contributed by atoms with Gasteiger partial charge in [-0.3, -0.25) is 4.90 Å². The summed E-state index contributed by atoms with van der Waals surface area (Å²) < 4.78 is 7.18. The number of carbonyl (C=O) groups is 1. The summed E-state index contributed by atoms with van der Waals surface area (Å²) in [4.78, 5) is 13.9. The van der Waals surface area contributed by atoms with Crippen LogP contribution in [-0.4, -0.2) is 22.4 Å². The highest BCUT2D eigenvalue weighted by Gasteiger charge is 2.25. The molecule has 0 aliphatic heterocycles. The average molecular weight is 425 g/mol. The molecule has 0 radical (unpaired) electrons. The number of halogens is 2. The van der Waals surface area contributed by atoms with Gasteiger partial charge in [-0.1, -0.05) is 13.3 Å². The van der Waals surface area contributed by atoms with Crippen molar-refractivity contribution >= 4 is 50.6 Å². The van der Waals surface area contributed by atoms with Gasteiger partial charge in [-0.15, -0.1) is 0 Å². The number of hydrogen-bond acceptors (Lipinski definition) is 3. The summed E-state index contributed by atoms with van der Waals surface area (Å²) in [5.41, 5.74) is 0. The van der Waals surface area contributed by atoms with Gasteiger partial charge in [0, 0.05) is 15.0 Å². The van der Waals surface area contributed by atoms with Crippen molar-refractivity contribution in [1.82, 2.24) is 4.90 Å². The van der Waals surface area contributed by atoms with Gasteiger partial charge in [-0.25, -0.2) is 4.79 Å². The predicted molar refractivity (Wildman–Crippen MR) is 92.5 cm³/mol. The second-order valence-electron chi connectivity index (χ2n) is 4.71. The van der Waals surface area contributed by atoms with E-state index in [4.69, 9.17) is 4.74 Å². The Labute approximate surface area is 142 Å². The molecule has 0 saturated carbocycles. The lowest BCUT2D eigenvalue weighted by atomic mass is 10.2. The fourth-order valence-electron chi connectivity index (χ4n) is 1.77. The van der Waals surface area contributed by atoms with E-state index >= 15 is 0 Å². The molecule has 0 bridgehead atoms. The minimum absolute atomic E-state index is 0.0374. The molecule has 0 aromatic heterocycles. The molecule has 6 heteroatoms. The Morgan fingerprint density at radius 2 is 2.00 bits per heavy atom. The monoisotopic (exact) mass is 423 g/mol. The molecular formula is C14H19Br2NO2S. The number of thiol groups is 1. The van der Waals surface area contributed by atoms with Crippen LogP contribution in [0.25, 0.3) is 0 Å². The van der Waals surface area contributed by atoms with Gasteiger partial charge >= 0.3 is 6.09 Å². The maximum Gasteiger partial charge on any atom is 0.416 e. The van der Waals surface area contributed by atoms with Crippen LogP contribution >= 0.6 is 44.5 Å². The van der Waals surface area contributed by atoms with Crippen molar-refractivity contribution in [3.63, 3.8) is 0 Å². The van der Waals surface area contributed by atoms with Crippen LogP contribution < -0.4 is 4.74 Å². The Morgan fingerprint density at radius 3 is 2.50 bits per heavy atom. The lowest BCUT2D eigenvalue weighted by Gasteiger charge is -2.31. The summed E-state index contributed by atoms with van der Waals surface area (Å²) in [6, 6.07) is 5.37. The lowest BCUT2D eigenvalue weighted by molar-refractivity contribution is 0.131. The molecular weight excluding hydrogens is 406 g/mol. The van der Waals surface area contributed by atoms with Crippen LogP contribution in [-0.2, 0) is 0 Å².